The Bertz CT molecular complexity index is 1600. The third-order valence-electron chi connectivity index (χ3n) is 6.74. The summed E-state index contributed by atoms with van der Waals surface area (Å²) in [5.74, 6) is -0.503. The van der Waals surface area contributed by atoms with Crippen molar-refractivity contribution in [2.24, 2.45) is 5.41 Å². The van der Waals surface area contributed by atoms with Gasteiger partial charge in [-0.15, -0.1) is 0 Å². The highest BCUT2D eigenvalue weighted by Crippen LogP contribution is 2.39. The van der Waals surface area contributed by atoms with Gasteiger partial charge in [0.15, 0.2) is 5.75 Å². The van der Waals surface area contributed by atoms with Gasteiger partial charge in [0.05, 0.1) is 30.4 Å². The normalized spacial score (nSPS) is 12.3. The van der Waals surface area contributed by atoms with Gasteiger partial charge < -0.3 is 24.8 Å². The Kier molecular flexibility index (Phi) is 9.97. The number of methoxy groups -OCH3 is 1. The SMILES string of the molecule is COc1c(NC(=O)c2ccc(C)c(-n3cnc(C(=O)NCC(C)(C)CN(C)C)c3)c2)cc(C(C)(C)C)cc1NS(C)(=O)=O. The molecule has 0 fully saturated rings. The van der Waals surface area contributed by atoms with Crippen LogP contribution in [0.4, 0.5) is 11.4 Å². The summed E-state index contributed by atoms with van der Waals surface area (Å²) in [4.78, 5) is 32.7. The predicted octanol–water partition coefficient (Wildman–Crippen LogP) is 4.43. The monoisotopic (exact) mass is 612 g/mol. The van der Waals surface area contributed by atoms with Crippen molar-refractivity contribution >= 4 is 33.2 Å². The zero-order valence-corrected chi connectivity index (χ0v) is 27.6. The summed E-state index contributed by atoms with van der Waals surface area (Å²) in [5.41, 5.74) is 3.08. The number of sulfonamides is 1. The van der Waals surface area contributed by atoms with Crippen molar-refractivity contribution in [1.82, 2.24) is 19.8 Å². The number of imidazole rings is 1. The highest BCUT2D eigenvalue weighted by Gasteiger charge is 2.24. The van der Waals surface area contributed by atoms with Gasteiger partial charge in [-0.2, -0.15) is 0 Å². The van der Waals surface area contributed by atoms with Crippen molar-refractivity contribution in [2.75, 3.05) is 50.6 Å². The molecule has 1 aromatic heterocycles. The number of nitrogens with one attached hydrogen (secondary N) is 3. The lowest BCUT2D eigenvalue weighted by Crippen LogP contribution is -2.40. The Morgan fingerprint density at radius 3 is 2.26 bits per heavy atom. The van der Waals surface area contributed by atoms with E-state index in [2.05, 4.69) is 39.1 Å². The van der Waals surface area contributed by atoms with Gasteiger partial charge in [-0.3, -0.25) is 14.3 Å². The molecule has 234 valence electrons. The molecule has 0 saturated heterocycles. The zero-order chi connectivity index (χ0) is 32.3. The first-order valence-corrected chi connectivity index (χ1v) is 15.8. The third-order valence-corrected chi connectivity index (χ3v) is 7.33. The van der Waals surface area contributed by atoms with Crippen LogP contribution in [0, 0.1) is 12.3 Å². The van der Waals surface area contributed by atoms with Crippen LogP contribution in [-0.2, 0) is 15.4 Å². The number of anilines is 2. The van der Waals surface area contributed by atoms with E-state index in [0.717, 1.165) is 23.9 Å². The smallest absolute Gasteiger partial charge is 0.271 e. The van der Waals surface area contributed by atoms with Crippen LogP contribution in [0.15, 0.2) is 42.9 Å². The standard InChI is InChI=1S/C31H44N6O5S/c1-20-11-12-21(13-26(20)37-16-25(33-19-37)29(39)32-17-31(5,6)18-36(7)8)28(38)34-23-14-22(30(2,3)4)15-24(27(23)42-9)35-43(10,40)41/h11-16,19,35H,17-18H2,1-10H3,(H,32,39)(H,34,38). The van der Waals surface area contributed by atoms with Crippen LogP contribution >= 0.6 is 0 Å². The summed E-state index contributed by atoms with van der Waals surface area (Å²) in [5, 5.41) is 5.86. The van der Waals surface area contributed by atoms with Crippen LogP contribution in [-0.4, -0.2) is 75.2 Å². The molecule has 0 bridgehead atoms. The van der Waals surface area contributed by atoms with Crippen LogP contribution < -0.4 is 20.1 Å². The molecule has 12 heteroatoms. The summed E-state index contributed by atoms with van der Waals surface area (Å²) in [6.07, 6.45) is 4.24. The summed E-state index contributed by atoms with van der Waals surface area (Å²) in [6, 6.07) is 8.70. The van der Waals surface area contributed by atoms with Crippen LogP contribution in [0.5, 0.6) is 5.75 Å². The largest absolute Gasteiger partial charge is 0.492 e. The van der Waals surface area contributed by atoms with Crippen molar-refractivity contribution in [3.63, 3.8) is 0 Å². The Balaban J connectivity index is 1.90. The van der Waals surface area contributed by atoms with E-state index >= 15 is 0 Å². The van der Waals surface area contributed by atoms with Gasteiger partial charge in [0.2, 0.25) is 10.0 Å². The number of carbonyl (C=O) groups excluding carboxylic acids is 2. The fraction of sp³-hybridized carbons (Fsp3) is 0.452. The van der Waals surface area contributed by atoms with Crippen molar-refractivity contribution in [1.29, 1.82) is 0 Å². The fourth-order valence-corrected chi connectivity index (χ4v) is 5.32. The lowest BCUT2D eigenvalue weighted by atomic mass is 9.86. The number of ether oxygens (including phenoxy) is 1. The zero-order valence-electron chi connectivity index (χ0n) is 26.7. The topological polar surface area (TPSA) is 135 Å². The van der Waals surface area contributed by atoms with Crippen molar-refractivity contribution in [3.05, 3.63) is 65.2 Å². The first kappa shape index (κ1) is 33.6. The molecule has 3 N–H and O–H groups in total. The average molecular weight is 613 g/mol. The lowest BCUT2D eigenvalue weighted by molar-refractivity contribution is 0.0924. The van der Waals surface area contributed by atoms with Gasteiger partial charge in [-0.05, 0) is 67.2 Å². The number of carbonyl (C=O) groups is 2. The van der Waals surface area contributed by atoms with Gasteiger partial charge in [-0.1, -0.05) is 40.7 Å². The molecule has 1 heterocycles. The maximum absolute atomic E-state index is 13.5. The molecule has 0 aliphatic heterocycles. The number of rotatable bonds is 11. The van der Waals surface area contributed by atoms with Gasteiger partial charge in [-0.25, -0.2) is 13.4 Å². The van der Waals surface area contributed by atoms with E-state index in [9.17, 15) is 18.0 Å². The highest BCUT2D eigenvalue weighted by atomic mass is 32.2. The Morgan fingerprint density at radius 1 is 1.02 bits per heavy atom. The molecular formula is C31H44N6O5S. The molecule has 0 atom stereocenters. The molecular weight excluding hydrogens is 568 g/mol. The first-order chi connectivity index (χ1) is 19.8. The molecule has 11 nitrogen and oxygen atoms in total. The quantitative estimate of drug-likeness (QED) is 0.292. The minimum atomic E-state index is -3.61. The van der Waals surface area contributed by atoms with E-state index in [1.54, 1.807) is 41.4 Å². The highest BCUT2D eigenvalue weighted by molar-refractivity contribution is 7.92. The number of aromatic nitrogens is 2. The van der Waals surface area contributed by atoms with Gasteiger partial charge >= 0.3 is 0 Å². The molecule has 0 spiro atoms. The minimum absolute atomic E-state index is 0.114. The van der Waals surface area contributed by atoms with E-state index in [4.69, 9.17) is 4.74 Å². The average Bonchev–Trinajstić information content (AvgIpc) is 3.35. The number of hydrogen-bond acceptors (Lipinski definition) is 7. The number of aryl methyl sites for hydroxylation is 1. The first-order valence-electron chi connectivity index (χ1n) is 13.9. The number of benzene rings is 2. The predicted molar refractivity (Wildman–Crippen MR) is 171 cm³/mol. The summed E-state index contributed by atoms with van der Waals surface area (Å²) in [6.45, 7) is 13.3. The van der Waals surface area contributed by atoms with E-state index in [1.807, 2.05) is 47.9 Å². The van der Waals surface area contributed by atoms with E-state index in [1.165, 1.54) is 7.11 Å². The van der Waals surface area contributed by atoms with Gasteiger partial charge in [0, 0.05) is 24.8 Å². The van der Waals surface area contributed by atoms with Gasteiger partial charge in [0.25, 0.3) is 11.8 Å². The van der Waals surface area contributed by atoms with E-state index in [-0.39, 0.29) is 33.9 Å². The molecule has 0 saturated carbocycles. The molecule has 2 amide bonds. The second-order valence-electron chi connectivity index (χ2n) is 12.9. The molecule has 43 heavy (non-hydrogen) atoms. The fourth-order valence-electron chi connectivity index (χ4n) is 4.77. The Hall–Kier alpha value is -3.90. The Labute approximate surface area is 255 Å². The van der Waals surface area contributed by atoms with Crippen LogP contribution in [0.3, 0.4) is 0 Å². The number of amides is 2. The van der Waals surface area contributed by atoms with Crippen LogP contribution in [0.1, 0.15) is 66.6 Å². The molecule has 0 aliphatic rings. The minimum Gasteiger partial charge on any atom is -0.492 e. The molecule has 2 aromatic carbocycles. The maximum atomic E-state index is 13.5. The lowest BCUT2D eigenvalue weighted by Gasteiger charge is -2.28. The maximum Gasteiger partial charge on any atom is 0.271 e. The van der Waals surface area contributed by atoms with Crippen LogP contribution in [0.25, 0.3) is 5.69 Å². The second-order valence-corrected chi connectivity index (χ2v) is 14.7. The molecule has 0 aliphatic carbocycles. The summed E-state index contributed by atoms with van der Waals surface area (Å²) < 4.78 is 33.9. The molecule has 0 unspecified atom stereocenters. The van der Waals surface area contributed by atoms with Gasteiger partial charge in [0.1, 0.15) is 12.0 Å². The van der Waals surface area contributed by atoms with Crippen LogP contribution in [0.2, 0.25) is 0 Å². The summed E-state index contributed by atoms with van der Waals surface area (Å²) >= 11 is 0. The Morgan fingerprint density at radius 2 is 1.67 bits per heavy atom. The van der Waals surface area contributed by atoms with Crippen molar-refractivity contribution in [2.45, 2.75) is 47.0 Å². The van der Waals surface area contributed by atoms with E-state index < -0.39 is 15.9 Å². The molecule has 3 aromatic rings. The van der Waals surface area contributed by atoms with Crippen molar-refractivity contribution in [3.8, 4) is 11.4 Å². The molecule has 3 rings (SSSR count). The number of nitrogens with zero attached hydrogens (tertiary/aromatic N) is 3. The van der Waals surface area contributed by atoms with Crippen molar-refractivity contribution < 1.29 is 22.7 Å². The third kappa shape index (κ3) is 9.04. The second kappa shape index (κ2) is 12.8. The summed E-state index contributed by atoms with van der Waals surface area (Å²) in [7, 11) is 1.79. The van der Waals surface area contributed by atoms with E-state index in [0.29, 0.717) is 23.5 Å². The molecule has 0 radical (unpaired) electrons. The number of hydrogen-bond donors (Lipinski definition) is 3.